The zero-order chi connectivity index (χ0) is 18.3. The molecule has 1 aliphatic rings. The topological polar surface area (TPSA) is 75.7 Å². The fraction of sp³-hybridized carbons (Fsp3) is 0.611. The van der Waals surface area contributed by atoms with E-state index in [1.807, 2.05) is 13.8 Å². The molecule has 1 aromatic rings. The van der Waals surface area contributed by atoms with Gasteiger partial charge in [-0.2, -0.15) is 0 Å². The zero-order valence-electron chi connectivity index (χ0n) is 15.0. The van der Waals surface area contributed by atoms with Crippen LogP contribution in [0.15, 0.2) is 29.2 Å². The minimum Gasteiger partial charge on any atom is -0.377 e. The highest BCUT2D eigenvalue weighted by Crippen LogP contribution is 2.15. The first-order chi connectivity index (χ1) is 12.0. The second-order valence-electron chi connectivity index (χ2n) is 6.30. The Kier molecular flexibility index (Phi) is 7.40. The molecule has 2 rings (SSSR count). The van der Waals surface area contributed by atoms with Crippen LogP contribution < -0.4 is 4.72 Å². The Hall–Kier alpha value is -1.44. The van der Waals surface area contributed by atoms with Crippen molar-refractivity contribution in [2.45, 2.75) is 50.5 Å². The first-order valence-corrected chi connectivity index (χ1v) is 10.5. The van der Waals surface area contributed by atoms with Crippen molar-refractivity contribution in [3.05, 3.63) is 29.8 Å². The fourth-order valence-corrected chi connectivity index (χ4v) is 3.97. The van der Waals surface area contributed by atoms with E-state index in [1.54, 1.807) is 17.0 Å². The minimum atomic E-state index is -3.59. The van der Waals surface area contributed by atoms with Crippen molar-refractivity contribution in [2.75, 3.05) is 26.2 Å². The van der Waals surface area contributed by atoms with E-state index in [9.17, 15) is 13.2 Å². The smallest absolute Gasteiger partial charge is 0.253 e. The van der Waals surface area contributed by atoms with E-state index in [1.165, 1.54) is 12.1 Å². The van der Waals surface area contributed by atoms with Gasteiger partial charge >= 0.3 is 0 Å². The van der Waals surface area contributed by atoms with E-state index in [4.69, 9.17) is 4.74 Å². The molecule has 0 radical (unpaired) electrons. The molecule has 6 nitrogen and oxygen atoms in total. The van der Waals surface area contributed by atoms with Gasteiger partial charge in [-0.15, -0.1) is 0 Å². The van der Waals surface area contributed by atoms with Crippen LogP contribution in [0.25, 0.3) is 0 Å². The monoisotopic (exact) mass is 368 g/mol. The highest BCUT2D eigenvalue weighted by atomic mass is 32.2. The Labute approximate surface area is 150 Å². The van der Waals surface area contributed by atoms with Crippen molar-refractivity contribution >= 4 is 15.9 Å². The third kappa shape index (κ3) is 5.52. The predicted molar refractivity (Wildman–Crippen MR) is 97.1 cm³/mol. The number of carbonyl (C=O) groups excluding carboxylic acids is 1. The minimum absolute atomic E-state index is 0.0488. The van der Waals surface area contributed by atoms with Crippen LogP contribution in [0.1, 0.15) is 49.9 Å². The van der Waals surface area contributed by atoms with Gasteiger partial charge in [-0.1, -0.05) is 13.8 Å². The summed E-state index contributed by atoms with van der Waals surface area (Å²) in [4.78, 5) is 14.5. The number of rotatable bonds is 9. The number of sulfonamides is 1. The molecule has 0 spiro atoms. The second kappa shape index (κ2) is 9.31. The molecule has 1 atom stereocenters. The average Bonchev–Trinajstić information content (AvgIpc) is 3.13. The van der Waals surface area contributed by atoms with Gasteiger partial charge in [0.15, 0.2) is 0 Å². The summed E-state index contributed by atoms with van der Waals surface area (Å²) in [5.74, 6) is -0.0556. The summed E-state index contributed by atoms with van der Waals surface area (Å²) in [6.07, 6.45) is 3.58. The number of hydrogen-bond donors (Lipinski definition) is 1. The number of carbonyl (C=O) groups is 1. The van der Waals surface area contributed by atoms with Crippen molar-refractivity contribution in [2.24, 2.45) is 0 Å². The second-order valence-corrected chi connectivity index (χ2v) is 8.07. The third-order valence-electron chi connectivity index (χ3n) is 4.21. The molecule has 0 aromatic heterocycles. The van der Waals surface area contributed by atoms with Gasteiger partial charge in [0.25, 0.3) is 5.91 Å². The number of ether oxygens (including phenoxy) is 1. The maximum Gasteiger partial charge on any atom is 0.253 e. The van der Waals surface area contributed by atoms with Crippen LogP contribution >= 0.6 is 0 Å². The molecule has 0 saturated carbocycles. The lowest BCUT2D eigenvalue weighted by atomic mass is 10.2. The van der Waals surface area contributed by atoms with Gasteiger partial charge < -0.3 is 9.64 Å². The number of amides is 1. The first kappa shape index (κ1) is 19.9. The molecule has 1 heterocycles. The van der Waals surface area contributed by atoms with Gasteiger partial charge in [-0.25, -0.2) is 13.1 Å². The maximum atomic E-state index is 12.5. The van der Waals surface area contributed by atoms with E-state index < -0.39 is 10.0 Å². The van der Waals surface area contributed by atoms with Crippen molar-refractivity contribution in [3.8, 4) is 0 Å². The summed E-state index contributed by atoms with van der Waals surface area (Å²) in [6.45, 7) is 6.45. The largest absolute Gasteiger partial charge is 0.377 e. The lowest BCUT2D eigenvalue weighted by Crippen LogP contribution is -2.33. The van der Waals surface area contributed by atoms with Crippen LogP contribution in [0.5, 0.6) is 0 Å². The van der Waals surface area contributed by atoms with Crippen LogP contribution in [-0.2, 0) is 14.8 Å². The molecular formula is C18H28N2O4S. The van der Waals surface area contributed by atoms with Crippen LogP contribution in [0.2, 0.25) is 0 Å². The fourth-order valence-electron chi connectivity index (χ4n) is 2.91. The van der Waals surface area contributed by atoms with Crippen molar-refractivity contribution in [3.63, 3.8) is 0 Å². The Morgan fingerprint density at radius 2 is 1.84 bits per heavy atom. The highest BCUT2D eigenvalue weighted by Gasteiger charge is 2.21. The molecule has 1 saturated heterocycles. The molecule has 140 valence electrons. The molecule has 1 unspecified atom stereocenters. The molecule has 7 heteroatoms. The Balaban J connectivity index is 2.03. The number of benzene rings is 1. The predicted octanol–water partition coefficient (Wildman–Crippen LogP) is 2.41. The Morgan fingerprint density at radius 1 is 1.20 bits per heavy atom. The van der Waals surface area contributed by atoms with Crippen molar-refractivity contribution in [1.29, 1.82) is 0 Å². The van der Waals surface area contributed by atoms with E-state index in [2.05, 4.69) is 4.72 Å². The number of hydrogen-bond acceptors (Lipinski definition) is 4. The van der Waals surface area contributed by atoms with Gasteiger partial charge in [0.2, 0.25) is 10.0 Å². The molecule has 1 aliphatic heterocycles. The Bertz CT molecular complexity index is 646. The summed E-state index contributed by atoms with van der Waals surface area (Å²) < 4.78 is 32.7. The lowest BCUT2D eigenvalue weighted by Gasteiger charge is -2.21. The van der Waals surface area contributed by atoms with Crippen LogP contribution in [-0.4, -0.2) is 51.6 Å². The zero-order valence-corrected chi connectivity index (χ0v) is 15.8. The summed E-state index contributed by atoms with van der Waals surface area (Å²) in [5, 5.41) is 0. The van der Waals surface area contributed by atoms with Crippen LogP contribution in [0.3, 0.4) is 0 Å². The molecule has 1 fully saturated rings. The SMILES string of the molecule is CCCN(CCC)C(=O)c1ccc(S(=O)(=O)NCC2CCCO2)cc1. The van der Waals surface area contributed by atoms with Gasteiger partial charge in [0, 0.05) is 31.8 Å². The average molecular weight is 368 g/mol. The summed E-state index contributed by atoms with van der Waals surface area (Å²) in [6, 6.07) is 6.14. The molecule has 25 heavy (non-hydrogen) atoms. The van der Waals surface area contributed by atoms with Crippen LogP contribution in [0.4, 0.5) is 0 Å². The highest BCUT2D eigenvalue weighted by molar-refractivity contribution is 7.89. The van der Waals surface area contributed by atoms with E-state index in [-0.39, 0.29) is 23.5 Å². The molecule has 0 aliphatic carbocycles. The molecule has 1 aromatic carbocycles. The van der Waals surface area contributed by atoms with Gasteiger partial charge in [0.1, 0.15) is 0 Å². The van der Waals surface area contributed by atoms with Crippen LogP contribution in [0, 0.1) is 0 Å². The number of nitrogens with one attached hydrogen (secondary N) is 1. The molecule has 1 N–H and O–H groups in total. The molecular weight excluding hydrogens is 340 g/mol. The van der Waals surface area contributed by atoms with Gasteiger partial charge in [-0.05, 0) is 49.9 Å². The van der Waals surface area contributed by atoms with E-state index in [0.29, 0.717) is 25.3 Å². The van der Waals surface area contributed by atoms with Crippen molar-refractivity contribution in [1.82, 2.24) is 9.62 Å². The van der Waals surface area contributed by atoms with E-state index >= 15 is 0 Å². The standard InChI is InChI=1S/C18H28N2O4S/c1-3-11-20(12-4-2)18(21)15-7-9-17(10-8-15)25(22,23)19-14-16-6-5-13-24-16/h7-10,16,19H,3-6,11-14H2,1-2H3. The first-order valence-electron chi connectivity index (χ1n) is 8.98. The third-order valence-corrected chi connectivity index (χ3v) is 5.65. The summed E-state index contributed by atoms with van der Waals surface area (Å²) in [7, 11) is -3.59. The summed E-state index contributed by atoms with van der Waals surface area (Å²) in [5.41, 5.74) is 0.514. The number of nitrogens with zero attached hydrogens (tertiary/aromatic N) is 1. The Morgan fingerprint density at radius 3 is 2.36 bits per heavy atom. The lowest BCUT2D eigenvalue weighted by molar-refractivity contribution is 0.0755. The summed E-state index contributed by atoms with van der Waals surface area (Å²) >= 11 is 0. The van der Waals surface area contributed by atoms with E-state index in [0.717, 1.165) is 25.7 Å². The maximum absolute atomic E-state index is 12.5. The molecule has 1 amide bonds. The van der Waals surface area contributed by atoms with Crippen molar-refractivity contribution < 1.29 is 17.9 Å². The normalized spacial score (nSPS) is 17.6. The quantitative estimate of drug-likeness (QED) is 0.726. The molecule has 0 bridgehead atoms. The van der Waals surface area contributed by atoms with Gasteiger partial charge in [0.05, 0.1) is 11.0 Å². The van der Waals surface area contributed by atoms with Gasteiger partial charge in [-0.3, -0.25) is 4.79 Å².